The van der Waals surface area contributed by atoms with Crippen molar-refractivity contribution in [2.45, 2.75) is 63.3 Å². The van der Waals surface area contributed by atoms with E-state index in [2.05, 4.69) is 18.7 Å². The molecule has 0 aromatic heterocycles. The van der Waals surface area contributed by atoms with Gasteiger partial charge < -0.3 is 15.6 Å². The fraction of sp³-hybridized carbons (Fsp3) is 1.00. The number of morpholine rings is 1. The van der Waals surface area contributed by atoms with Crippen molar-refractivity contribution in [1.29, 1.82) is 0 Å². The summed E-state index contributed by atoms with van der Waals surface area (Å²) in [6.07, 6.45) is 4.61. The summed E-state index contributed by atoms with van der Waals surface area (Å²) in [6.45, 7) is 6.15. The number of aliphatic hydroxyl groups excluding tert-OH is 1. The molecule has 1 heterocycles. The number of nitrogens with two attached hydrogens (primary N) is 1. The number of nitrogens with zero attached hydrogens (tertiary/aromatic N) is 1. The van der Waals surface area contributed by atoms with E-state index in [1.165, 1.54) is 12.8 Å². The van der Waals surface area contributed by atoms with E-state index in [0.29, 0.717) is 12.1 Å². The van der Waals surface area contributed by atoms with Crippen molar-refractivity contribution in [3.63, 3.8) is 0 Å². The number of hydrogen-bond donors (Lipinski definition) is 2. The number of aliphatic hydroxyl groups is 1. The first-order valence-electron chi connectivity index (χ1n) is 6.78. The summed E-state index contributed by atoms with van der Waals surface area (Å²) in [5, 5.41) is 9.31. The maximum absolute atomic E-state index is 9.31. The minimum atomic E-state index is -0.148. The van der Waals surface area contributed by atoms with Crippen molar-refractivity contribution in [2.24, 2.45) is 5.73 Å². The van der Waals surface area contributed by atoms with E-state index in [-0.39, 0.29) is 18.3 Å². The quantitative estimate of drug-likeness (QED) is 0.749. The molecule has 2 aliphatic rings. The molecule has 17 heavy (non-hydrogen) atoms. The summed E-state index contributed by atoms with van der Waals surface area (Å²) < 4.78 is 5.85. The number of hydrogen-bond acceptors (Lipinski definition) is 4. The van der Waals surface area contributed by atoms with Crippen molar-refractivity contribution < 1.29 is 9.84 Å². The van der Waals surface area contributed by atoms with Crippen LogP contribution in [0.2, 0.25) is 0 Å². The molecule has 0 aromatic carbocycles. The summed E-state index contributed by atoms with van der Waals surface area (Å²) in [5.41, 5.74) is 5.80. The van der Waals surface area contributed by atoms with Crippen LogP contribution in [0.1, 0.15) is 39.5 Å². The molecule has 1 saturated carbocycles. The second-order valence-corrected chi connectivity index (χ2v) is 6.18. The van der Waals surface area contributed by atoms with E-state index in [1.807, 2.05) is 0 Å². The van der Waals surface area contributed by atoms with E-state index < -0.39 is 0 Å². The van der Waals surface area contributed by atoms with E-state index >= 15 is 0 Å². The molecule has 1 aliphatic heterocycles. The van der Waals surface area contributed by atoms with Crippen LogP contribution in [0.3, 0.4) is 0 Å². The van der Waals surface area contributed by atoms with Gasteiger partial charge in [0.1, 0.15) is 0 Å². The normalized spacial score (nSPS) is 39.2. The third-order valence-corrected chi connectivity index (χ3v) is 3.97. The molecule has 2 rings (SSSR count). The predicted molar refractivity (Wildman–Crippen MR) is 67.8 cm³/mol. The van der Waals surface area contributed by atoms with Gasteiger partial charge in [0, 0.05) is 25.2 Å². The highest BCUT2D eigenvalue weighted by Crippen LogP contribution is 2.28. The Labute approximate surface area is 104 Å². The minimum Gasteiger partial charge on any atom is -0.394 e. The van der Waals surface area contributed by atoms with Crippen molar-refractivity contribution >= 4 is 0 Å². The highest BCUT2D eigenvalue weighted by atomic mass is 16.5. The number of rotatable bonds is 2. The van der Waals surface area contributed by atoms with Crippen LogP contribution in [0.4, 0.5) is 0 Å². The average molecular weight is 242 g/mol. The van der Waals surface area contributed by atoms with Crippen LogP contribution in [0.25, 0.3) is 0 Å². The van der Waals surface area contributed by atoms with Gasteiger partial charge in [-0.3, -0.25) is 4.90 Å². The summed E-state index contributed by atoms with van der Waals surface area (Å²) in [4.78, 5) is 2.50. The lowest BCUT2D eigenvalue weighted by atomic mass is 9.89. The molecule has 0 amide bonds. The summed E-state index contributed by atoms with van der Waals surface area (Å²) in [5.74, 6) is 0. The highest BCUT2D eigenvalue weighted by molar-refractivity contribution is 4.90. The predicted octanol–water partition coefficient (Wildman–Crippen LogP) is 0.728. The second kappa shape index (κ2) is 5.22. The summed E-state index contributed by atoms with van der Waals surface area (Å²) in [7, 11) is 0. The van der Waals surface area contributed by atoms with Crippen LogP contribution in [0, 0.1) is 0 Å². The van der Waals surface area contributed by atoms with Gasteiger partial charge in [0.15, 0.2) is 0 Å². The van der Waals surface area contributed by atoms with Crippen LogP contribution in [-0.4, -0.2) is 53.5 Å². The second-order valence-electron chi connectivity index (χ2n) is 6.18. The third-order valence-electron chi connectivity index (χ3n) is 3.97. The van der Waals surface area contributed by atoms with E-state index in [4.69, 9.17) is 10.5 Å². The molecule has 3 N–H and O–H groups in total. The van der Waals surface area contributed by atoms with Crippen molar-refractivity contribution in [3.05, 3.63) is 0 Å². The van der Waals surface area contributed by atoms with Gasteiger partial charge in [-0.15, -0.1) is 0 Å². The van der Waals surface area contributed by atoms with Crippen LogP contribution >= 0.6 is 0 Å². The lowest BCUT2D eigenvalue weighted by Crippen LogP contribution is -2.57. The third kappa shape index (κ3) is 3.41. The molecule has 0 bridgehead atoms. The first-order valence-corrected chi connectivity index (χ1v) is 6.78. The van der Waals surface area contributed by atoms with Gasteiger partial charge in [0.05, 0.1) is 18.3 Å². The molecule has 2 fully saturated rings. The molecule has 1 atom stereocenters. The molecule has 0 aromatic rings. The Balaban J connectivity index is 1.95. The van der Waals surface area contributed by atoms with Crippen LogP contribution in [-0.2, 0) is 4.74 Å². The van der Waals surface area contributed by atoms with Crippen molar-refractivity contribution in [3.8, 4) is 0 Å². The summed E-state index contributed by atoms with van der Waals surface area (Å²) in [6, 6.07) is 1.03. The van der Waals surface area contributed by atoms with Crippen molar-refractivity contribution in [2.75, 3.05) is 19.7 Å². The van der Waals surface area contributed by atoms with Crippen LogP contribution < -0.4 is 5.73 Å². The Hall–Kier alpha value is -0.160. The first-order chi connectivity index (χ1) is 8.00. The molecule has 0 radical (unpaired) electrons. The summed E-state index contributed by atoms with van der Waals surface area (Å²) >= 11 is 0. The van der Waals surface area contributed by atoms with E-state index in [0.717, 1.165) is 25.9 Å². The van der Waals surface area contributed by atoms with Crippen LogP contribution in [0.5, 0.6) is 0 Å². The Morgan fingerprint density at radius 3 is 2.53 bits per heavy atom. The highest BCUT2D eigenvalue weighted by Gasteiger charge is 2.36. The Kier molecular flexibility index (Phi) is 4.08. The molecular weight excluding hydrogens is 216 g/mol. The molecule has 4 heteroatoms. The maximum Gasteiger partial charge on any atom is 0.0940 e. The van der Waals surface area contributed by atoms with Gasteiger partial charge in [-0.05, 0) is 39.5 Å². The Morgan fingerprint density at radius 2 is 1.94 bits per heavy atom. The lowest BCUT2D eigenvalue weighted by Gasteiger charge is -2.47. The zero-order valence-electron chi connectivity index (χ0n) is 11.1. The molecule has 1 unspecified atom stereocenters. The van der Waals surface area contributed by atoms with Gasteiger partial charge in [0.2, 0.25) is 0 Å². The molecule has 1 aliphatic carbocycles. The average Bonchev–Trinajstić information content (AvgIpc) is 2.27. The van der Waals surface area contributed by atoms with Gasteiger partial charge in [-0.1, -0.05) is 0 Å². The van der Waals surface area contributed by atoms with Gasteiger partial charge in [-0.25, -0.2) is 0 Å². The first kappa shape index (κ1) is 13.3. The van der Waals surface area contributed by atoms with Crippen LogP contribution in [0.15, 0.2) is 0 Å². The zero-order chi connectivity index (χ0) is 12.5. The largest absolute Gasteiger partial charge is 0.394 e. The smallest absolute Gasteiger partial charge is 0.0940 e. The van der Waals surface area contributed by atoms with Crippen molar-refractivity contribution in [1.82, 2.24) is 4.90 Å². The Morgan fingerprint density at radius 1 is 1.29 bits per heavy atom. The molecule has 1 saturated heterocycles. The molecule has 4 nitrogen and oxygen atoms in total. The zero-order valence-corrected chi connectivity index (χ0v) is 11.1. The Bertz CT molecular complexity index is 250. The minimum absolute atomic E-state index is 0.0330. The van der Waals surface area contributed by atoms with Gasteiger partial charge in [-0.2, -0.15) is 0 Å². The fourth-order valence-electron chi connectivity index (χ4n) is 3.18. The fourth-order valence-corrected chi connectivity index (χ4v) is 3.18. The van der Waals surface area contributed by atoms with E-state index in [1.54, 1.807) is 0 Å². The molecule has 100 valence electrons. The van der Waals surface area contributed by atoms with E-state index in [9.17, 15) is 5.11 Å². The topological polar surface area (TPSA) is 58.7 Å². The molecule has 0 spiro atoms. The maximum atomic E-state index is 9.31. The monoisotopic (exact) mass is 242 g/mol. The number of ether oxygens (including phenoxy) is 1. The lowest BCUT2D eigenvalue weighted by molar-refractivity contribution is -0.159. The van der Waals surface area contributed by atoms with Gasteiger partial charge >= 0.3 is 0 Å². The standard InChI is InChI=1S/C13H26N2O2/c1-13(2)9-15(7-12(8-16)17-13)11-5-3-10(14)4-6-11/h10-12,16H,3-9,14H2,1-2H3. The molecular formula is C13H26N2O2. The van der Waals surface area contributed by atoms with Gasteiger partial charge in [0.25, 0.3) is 0 Å². The SMILES string of the molecule is CC1(C)CN(C2CCC(N)CC2)CC(CO)O1.